The number of hydrogen-bond donors (Lipinski definition) is 1. The van der Waals surface area contributed by atoms with Crippen LogP contribution in [-0.4, -0.2) is 36.7 Å². The summed E-state index contributed by atoms with van der Waals surface area (Å²) in [6, 6.07) is 10.3. The molecule has 1 fully saturated rings. The zero-order valence-corrected chi connectivity index (χ0v) is 19.8. The van der Waals surface area contributed by atoms with E-state index in [1.807, 2.05) is 13.8 Å². The largest absolute Gasteiger partial charge is 0.298 e. The van der Waals surface area contributed by atoms with Gasteiger partial charge in [-0.15, -0.1) is 0 Å². The molecule has 0 spiro atoms. The minimum Gasteiger partial charge on any atom is -0.298 e. The van der Waals surface area contributed by atoms with Crippen LogP contribution >= 0.6 is 11.3 Å². The van der Waals surface area contributed by atoms with Crippen LogP contribution in [0.15, 0.2) is 41.3 Å². The molecule has 1 N–H and O–H groups in total. The summed E-state index contributed by atoms with van der Waals surface area (Å²) < 4.78 is 28.6. The number of aromatic nitrogens is 1. The summed E-state index contributed by atoms with van der Waals surface area (Å²) in [6.07, 6.45) is 1.04. The molecule has 0 radical (unpaired) electrons. The number of nitrogens with zero attached hydrogens (tertiary/aromatic N) is 2. The highest BCUT2D eigenvalue weighted by molar-refractivity contribution is 7.89. The molecule has 0 saturated carbocycles. The first kappa shape index (κ1) is 21.9. The van der Waals surface area contributed by atoms with E-state index in [-0.39, 0.29) is 10.8 Å². The van der Waals surface area contributed by atoms with Gasteiger partial charge in [0.15, 0.2) is 5.13 Å². The van der Waals surface area contributed by atoms with Crippen LogP contribution in [0, 0.1) is 25.7 Å². The summed E-state index contributed by atoms with van der Waals surface area (Å²) in [7, 11) is -3.56. The molecule has 1 aliphatic heterocycles. The molecule has 2 atom stereocenters. The number of benzene rings is 2. The maximum Gasteiger partial charge on any atom is 0.257 e. The average molecular weight is 458 g/mol. The SMILES string of the molecule is Cc1cc(C)c2nc(NC(=O)c3ccc(S(=O)(=O)N4C[C@H](C)C[C@@H](C)C4)cc3)sc2c1. The number of hydrogen-bond acceptors (Lipinski definition) is 5. The topological polar surface area (TPSA) is 79.4 Å². The summed E-state index contributed by atoms with van der Waals surface area (Å²) in [5, 5.41) is 3.37. The Morgan fingerprint density at radius 1 is 1.10 bits per heavy atom. The van der Waals surface area contributed by atoms with Gasteiger partial charge in [0, 0.05) is 18.7 Å². The molecule has 1 aromatic heterocycles. The number of fused-ring (bicyclic) bond motifs is 1. The number of aryl methyl sites for hydroxylation is 2. The molecule has 2 aromatic carbocycles. The van der Waals surface area contributed by atoms with Crippen LogP contribution in [0.2, 0.25) is 0 Å². The summed E-state index contributed by atoms with van der Waals surface area (Å²) in [4.78, 5) is 17.4. The van der Waals surface area contributed by atoms with Crippen molar-refractivity contribution in [2.75, 3.05) is 18.4 Å². The molecule has 164 valence electrons. The monoisotopic (exact) mass is 457 g/mol. The first-order valence-electron chi connectivity index (χ1n) is 10.4. The Hall–Kier alpha value is -2.29. The quantitative estimate of drug-likeness (QED) is 0.608. The Balaban J connectivity index is 1.51. The third-order valence-electron chi connectivity index (χ3n) is 5.64. The fourth-order valence-electron chi connectivity index (χ4n) is 4.32. The summed E-state index contributed by atoms with van der Waals surface area (Å²) in [5.41, 5.74) is 3.51. The fraction of sp³-hybridized carbons (Fsp3) is 0.391. The lowest BCUT2D eigenvalue weighted by Gasteiger charge is -2.34. The first-order valence-corrected chi connectivity index (χ1v) is 12.7. The molecule has 0 aliphatic carbocycles. The predicted octanol–water partition coefficient (Wildman–Crippen LogP) is 4.83. The van der Waals surface area contributed by atoms with Crippen molar-refractivity contribution in [1.82, 2.24) is 9.29 Å². The smallest absolute Gasteiger partial charge is 0.257 e. The second kappa shape index (κ2) is 8.33. The molecule has 1 aliphatic rings. The summed E-state index contributed by atoms with van der Waals surface area (Å²) in [6.45, 7) is 9.26. The number of carbonyl (C=O) groups is 1. The van der Waals surface area contributed by atoms with Crippen molar-refractivity contribution in [2.45, 2.75) is 39.0 Å². The first-order chi connectivity index (χ1) is 14.6. The van der Waals surface area contributed by atoms with Gasteiger partial charge in [-0.3, -0.25) is 10.1 Å². The van der Waals surface area contributed by atoms with Gasteiger partial charge in [-0.05, 0) is 73.6 Å². The van der Waals surface area contributed by atoms with E-state index in [1.54, 1.807) is 16.4 Å². The molecule has 0 unspecified atom stereocenters. The van der Waals surface area contributed by atoms with E-state index in [4.69, 9.17) is 0 Å². The van der Waals surface area contributed by atoms with E-state index >= 15 is 0 Å². The van der Waals surface area contributed by atoms with Crippen molar-refractivity contribution < 1.29 is 13.2 Å². The van der Waals surface area contributed by atoms with Crippen LogP contribution in [0.4, 0.5) is 5.13 Å². The minimum atomic E-state index is -3.56. The fourth-order valence-corrected chi connectivity index (χ4v) is 7.04. The van der Waals surface area contributed by atoms with Crippen LogP contribution < -0.4 is 5.32 Å². The maximum absolute atomic E-state index is 13.0. The Kier molecular flexibility index (Phi) is 5.89. The van der Waals surface area contributed by atoms with Crippen molar-refractivity contribution in [3.8, 4) is 0 Å². The highest BCUT2D eigenvalue weighted by Crippen LogP contribution is 2.30. The molecule has 0 bridgehead atoms. The molecular formula is C23H27N3O3S2. The highest BCUT2D eigenvalue weighted by Gasteiger charge is 2.31. The summed E-state index contributed by atoms with van der Waals surface area (Å²) in [5.74, 6) is 0.368. The van der Waals surface area contributed by atoms with Crippen LogP contribution in [-0.2, 0) is 10.0 Å². The molecule has 4 rings (SSSR count). The van der Waals surface area contributed by atoms with E-state index < -0.39 is 10.0 Å². The van der Waals surface area contributed by atoms with Gasteiger partial charge < -0.3 is 0 Å². The van der Waals surface area contributed by atoms with Crippen molar-refractivity contribution in [3.05, 3.63) is 53.1 Å². The standard InChI is InChI=1S/C23H27N3O3S2/c1-14-10-17(4)21-20(11-14)30-23(24-21)25-22(27)18-5-7-19(8-6-18)31(28,29)26-12-15(2)9-16(3)13-26/h5-8,10-11,15-16H,9,12-13H2,1-4H3,(H,24,25,27)/t15-,16-/m1/s1. The lowest BCUT2D eigenvalue weighted by Crippen LogP contribution is -2.42. The van der Waals surface area contributed by atoms with Gasteiger partial charge in [0.1, 0.15) is 0 Å². The number of rotatable bonds is 4. The number of thiazole rings is 1. The molecule has 8 heteroatoms. The zero-order chi connectivity index (χ0) is 22.3. The average Bonchev–Trinajstić information content (AvgIpc) is 3.10. The number of nitrogens with one attached hydrogen (secondary N) is 1. The Morgan fingerprint density at radius 3 is 2.39 bits per heavy atom. The van der Waals surface area contributed by atoms with Gasteiger partial charge in [0.2, 0.25) is 10.0 Å². The van der Waals surface area contributed by atoms with Crippen molar-refractivity contribution in [3.63, 3.8) is 0 Å². The Morgan fingerprint density at radius 2 is 1.74 bits per heavy atom. The Bertz CT molecular complexity index is 1220. The molecular weight excluding hydrogens is 430 g/mol. The van der Waals surface area contributed by atoms with Crippen molar-refractivity contribution >= 4 is 42.6 Å². The normalized spacial score (nSPS) is 20.1. The Labute approximate surface area is 187 Å². The lowest BCUT2D eigenvalue weighted by atomic mass is 9.94. The predicted molar refractivity (Wildman–Crippen MR) is 125 cm³/mol. The van der Waals surface area contributed by atoms with E-state index in [2.05, 4.69) is 36.3 Å². The van der Waals surface area contributed by atoms with Gasteiger partial charge in [-0.1, -0.05) is 31.3 Å². The molecule has 6 nitrogen and oxygen atoms in total. The maximum atomic E-state index is 13.0. The van der Waals surface area contributed by atoms with Gasteiger partial charge in [0.25, 0.3) is 5.91 Å². The van der Waals surface area contributed by atoms with E-state index in [0.29, 0.717) is 35.6 Å². The zero-order valence-electron chi connectivity index (χ0n) is 18.2. The molecule has 3 aromatic rings. The molecule has 2 heterocycles. The number of carbonyl (C=O) groups excluding carboxylic acids is 1. The van der Waals surface area contributed by atoms with Crippen LogP contribution in [0.3, 0.4) is 0 Å². The number of anilines is 1. The molecule has 31 heavy (non-hydrogen) atoms. The molecule has 1 saturated heterocycles. The summed E-state index contributed by atoms with van der Waals surface area (Å²) >= 11 is 1.43. The number of piperidine rings is 1. The third-order valence-corrected chi connectivity index (χ3v) is 8.40. The second-order valence-electron chi connectivity index (χ2n) is 8.69. The minimum absolute atomic E-state index is 0.219. The van der Waals surface area contributed by atoms with E-state index in [0.717, 1.165) is 27.8 Å². The van der Waals surface area contributed by atoms with Gasteiger partial charge in [0.05, 0.1) is 15.1 Å². The highest BCUT2D eigenvalue weighted by atomic mass is 32.2. The van der Waals surface area contributed by atoms with Crippen LogP contribution in [0.25, 0.3) is 10.2 Å². The van der Waals surface area contributed by atoms with Crippen LogP contribution in [0.5, 0.6) is 0 Å². The molecule has 1 amide bonds. The van der Waals surface area contributed by atoms with Gasteiger partial charge >= 0.3 is 0 Å². The lowest BCUT2D eigenvalue weighted by molar-refractivity contribution is 0.102. The second-order valence-corrected chi connectivity index (χ2v) is 11.7. The third kappa shape index (κ3) is 4.51. The van der Waals surface area contributed by atoms with Crippen molar-refractivity contribution in [1.29, 1.82) is 0 Å². The number of amides is 1. The van der Waals surface area contributed by atoms with E-state index in [1.165, 1.54) is 23.5 Å². The van der Waals surface area contributed by atoms with Crippen LogP contribution in [0.1, 0.15) is 41.8 Å². The van der Waals surface area contributed by atoms with Gasteiger partial charge in [-0.25, -0.2) is 13.4 Å². The van der Waals surface area contributed by atoms with E-state index in [9.17, 15) is 13.2 Å². The van der Waals surface area contributed by atoms with Gasteiger partial charge in [-0.2, -0.15) is 4.31 Å². The van der Waals surface area contributed by atoms with Crippen molar-refractivity contribution in [2.24, 2.45) is 11.8 Å². The number of sulfonamides is 1.